The molecule has 134 valence electrons. The van der Waals surface area contributed by atoms with Crippen molar-refractivity contribution in [2.45, 2.75) is 0 Å². The fourth-order valence-corrected chi connectivity index (χ4v) is 2.06. The molecule has 9 nitrogen and oxygen atoms in total. The number of hydrogen-bond acceptors (Lipinski definition) is 8. The zero-order valence-corrected chi connectivity index (χ0v) is 13.8. The Kier molecular flexibility index (Phi) is 5.63. The zero-order valence-electron chi connectivity index (χ0n) is 13.8. The lowest BCUT2D eigenvalue weighted by Crippen LogP contribution is -2.06. The molecule has 0 heterocycles. The lowest BCUT2D eigenvalue weighted by Gasteiger charge is -2.05. The summed E-state index contributed by atoms with van der Waals surface area (Å²) in [4.78, 5) is 37.8. The van der Waals surface area contributed by atoms with Gasteiger partial charge in [-0.25, -0.2) is 9.59 Å². The van der Waals surface area contributed by atoms with Gasteiger partial charge >= 0.3 is 11.9 Å². The van der Waals surface area contributed by atoms with E-state index in [4.69, 9.17) is 0 Å². The van der Waals surface area contributed by atoms with E-state index in [1.165, 1.54) is 44.7 Å². The maximum atomic E-state index is 11.7. The number of nitro benzene ring substituents is 1. The molecule has 0 saturated carbocycles. The van der Waals surface area contributed by atoms with Crippen LogP contribution in [-0.2, 0) is 9.47 Å². The monoisotopic (exact) mass is 358 g/mol. The number of nitro groups is 1. The summed E-state index contributed by atoms with van der Waals surface area (Å²) < 4.78 is 9.25. The van der Waals surface area contributed by atoms with Crippen LogP contribution >= 0.6 is 0 Å². The summed E-state index contributed by atoms with van der Waals surface area (Å²) in [5, 5.41) is 20.6. The van der Waals surface area contributed by atoms with Crippen LogP contribution in [0.1, 0.15) is 26.3 Å². The lowest BCUT2D eigenvalue weighted by atomic mass is 10.1. The van der Waals surface area contributed by atoms with Gasteiger partial charge in [-0.15, -0.1) is 0 Å². The number of methoxy groups -OCH3 is 2. The Bertz CT molecular complexity index is 872. The average molecular weight is 358 g/mol. The molecule has 0 atom stereocenters. The van der Waals surface area contributed by atoms with Crippen molar-refractivity contribution in [3.8, 4) is 5.75 Å². The van der Waals surface area contributed by atoms with Crippen LogP contribution in [0.5, 0.6) is 5.75 Å². The van der Waals surface area contributed by atoms with Crippen LogP contribution in [0.4, 0.5) is 11.4 Å². The fourth-order valence-electron chi connectivity index (χ4n) is 2.06. The number of benzene rings is 2. The van der Waals surface area contributed by atoms with Crippen molar-refractivity contribution in [2.75, 3.05) is 14.2 Å². The van der Waals surface area contributed by atoms with Crippen molar-refractivity contribution in [3.05, 3.63) is 63.2 Å². The Balaban J connectivity index is 2.46. The highest BCUT2D eigenvalue weighted by molar-refractivity contribution is 5.97. The Hall–Kier alpha value is -3.75. The number of carbonyl (C=O) groups excluding carboxylic acids is 2. The summed E-state index contributed by atoms with van der Waals surface area (Å²) in [6.45, 7) is 0. The molecular weight excluding hydrogens is 344 g/mol. The predicted octanol–water partition coefficient (Wildman–Crippen LogP) is 2.62. The third-order valence-electron chi connectivity index (χ3n) is 3.33. The third kappa shape index (κ3) is 4.20. The molecule has 26 heavy (non-hydrogen) atoms. The number of phenolic OH excluding ortho intramolecular Hbond substituents is 1. The largest absolute Gasteiger partial charge is 0.507 e. The van der Waals surface area contributed by atoms with Crippen molar-refractivity contribution in [1.29, 1.82) is 0 Å². The first-order valence-electron chi connectivity index (χ1n) is 7.19. The third-order valence-corrected chi connectivity index (χ3v) is 3.33. The standard InChI is InChI=1S/C17H14N2O7/c1-25-16(21)10-5-11(17(22)26-2)7-13(6-10)18-9-12-8-14(19(23)24)3-4-15(12)20/h3-9,20H,1-2H3. The van der Waals surface area contributed by atoms with Crippen LogP contribution in [-0.4, -0.2) is 42.4 Å². The first-order chi connectivity index (χ1) is 12.3. The van der Waals surface area contributed by atoms with E-state index in [-0.39, 0.29) is 33.8 Å². The first kappa shape index (κ1) is 18.6. The topological polar surface area (TPSA) is 128 Å². The van der Waals surface area contributed by atoms with E-state index in [9.17, 15) is 24.8 Å². The van der Waals surface area contributed by atoms with Gasteiger partial charge in [0.05, 0.1) is 36.0 Å². The van der Waals surface area contributed by atoms with Gasteiger partial charge in [0.15, 0.2) is 0 Å². The SMILES string of the molecule is COC(=O)c1cc(N=Cc2cc([N+](=O)[O-])ccc2O)cc(C(=O)OC)c1. The van der Waals surface area contributed by atoms with Crippen molar-refractivity contribution in [3.63, 3.8) is 0 Å². The number of non-ortho nitro benzene ring substituents is 1. The molecule has 0 saturated heterocycles. The van der Waals surface area contributed by atoms with Gasteiger partial charge in [0.1, 0.15) is 5.75 Å². The number of phenols is 1. The smallest absolute Gasteiger partial charge is 0.337 e. The molecule has 0 fully saturated rings. The van der Waals surface area contributed by atoms with E-state index in [1.807, 2.05) is 0 Å². The fraction of sp³-hybridized carbons (Fsp3) is 0.118. The second-order valence-corrected chi connectivity index (χ2v) is 5.01. The minimum absolute atomic E-state index is 0.0748. The molecular formula is C17H14N2O7. The number of rotatable bonds is 5. The first-order valence-corrected chi connectivity index (χ1v) is 7.19. The molecule has 0 amide bonds. The van der Waals surface area contributed by atoms with Crippen molar-refractivity contribution in [2.24, 2.45) is 4.99 Å². The van der Waals surface area contributed by atoms with Gasteiger partial charge in [-0.3, -0.25) is 15.1 Å². The van der Waals surface area contributed by atoms with E-state index >= 15 is 0 Å². The highest BCUT2D eigenvalue weighted by atomic mass is 16.6. The Morgan fingerprint density at radius 3 is 2.15 bits per heavy atom. The summed E-state index contributed by atoms with van der Waals surface area (Å²) in [6.07, 6.45) is 1.18. The number of carbonyl (C=O) groups is 2. The maximum absolute atomic E-state index is 11.7. The zero-order chi connectivity index (χ0) is 19.3. The van der Waals surface area contributed by atoms with Gasteiger partial charge in [0.25, 0.3) is 5.69 Å². The van der Waals surface area contributed by atoms with Crippen LogP contribution in [0.3, 0.4) is 0 Å². The molecule has 0 unspecified atom stereocenters. The second kappa shape index (κ2) is 7.88. The summed E-state index contributed by atoms with van der Waals surface area (Å²) in [7, 11) is 2.38. The summed E-state index contributed by atoms with van der Waals surface area (Å²) in [6, 6.07) is 7.49. The molecule has 0 spiro atoms. The molecule has 9 heteroatoms. The van der Waals surface area contributed by atoms with Gasteiger partial charge in [-0.1, -0.05) is 0 Å². The van der Waals surface area contributed by atoms with E-state index in [1.54, 1.807) is 0 Å². The van der Waals surface area contributed by atoms with Crippen molar-refractivity contribution >= 4 is 29.5 Å². The number of nitrogens with zero attached hydrogens (tertiary/aromatic N) is 2. The van der Waals surface area contributed by atoms with Crippen molar-refractivity contribution in [1.82, 2.24) is 0 Å². The van der Waals surface area contributed by atoms with Crippen LogP contribution < -0.4 is 0 Å². The van der Waals surface area contributed by atoms with Gasteiger partial charge in [-0.2, -0.15) is 0 Å². The van der Waals surface area contributed by atoms with Gasteiger partial charge < -0.3 is 14.6 Å². The van der Waals surface area contributed by atoms with Crippen molar-refractivity contribution < 1.29 is 29.1 Å². The molecule has 0 aromatic heterocycles. The Morgan fingerprint density at radius 1 is 1.08 bits per heavy atom. The minimum atomic E-state index is -0.676. The minimum Gasteiger partial charge on any atom is -0.507 e. The van der Waals surface area contributed by atoms with Crippen LogP contribution in [0.25, 0.3) is 0 Å². The molecule has 0 aliphatic heterocycles. The quantitative estimate of drug-likeness (QED) is 0.376. The lowest BCUT2D eigenvalue weighted by molar-refractivity contribution is -0.384. The number of aliphatic imine (C=N–C) groups is 1. The average Bonchev–Trinajstić information content (AvgIpc) is 2.65. The number of aromatic hydroxyl groups is 1. The number of hydrogen-bond donors (Lipinski definition) is 1. The van der Waals surface area contributed by atoms with E-state index in [2.05, 4.69) is 14.5 Å². The highest BCUT2D eigenvalue weighted by Gasteiger charge is 2.14. The van der Waals surface area contributed by atoms with Gasteiger partial charge in [0, 0.05) is 23.9 Å². The second-order valence-electron chi connectivity index (χ2n) is 5.01. The van der Waals surface area contributed by atoms with Crippen LogP contribution in [0.15, 0.2) is 41.4 Å². The molecule has 0 radical (unpaired) electrons. The summed E-state index contributed by atoms with van der Waals surface area (Å²) in [5.41, 5.74) is 0.223. The maximum Gasteiger partial charge on any atom is 0.337 e. The highest BCUT2D eigenvalue weighted by Crippen LogP contribution is 2.24. The van der Waals surface area contributed by atoms with Gasteiger partial charge in [-0.05, 0) is 24.3 Å². The normalized spacial score (nSPS) is 10.5. The summed E-state index contributed by atoms with van der Waals surface area (Å²) in [5.74, 6) is -1.56. The van der Waals surface area contributed by atoms with Crippen LogP contribution in [0, 0.1) is 10.1 Å². The number of ether oxygens (including phenoxy) is 2. The van der Waals surface area contributed by atoms with Crippen LogP contribution in [0.2, 0.25) is 0 Å². The van der Waals surface area contributed by atoms with E-state index < -0.39 is 16.9 Å². The molecule has 0 aliphatic rings. The molecule has 0 aliphatic carbocycles. The molecule has 2 aromatic rings. The molecule has 2 aromatic carbocycles. The molecule has 0 bridgehead atoms. The molecule has 2 rings (SSSR count). The summed E-state index contributed by atoms with van der Waals surface area (Å²) >= 11 is 0. The Morgan fingerprint density at radius 2 is 1.65 bits per heavy atom. The Labute approximate surface area is 147 Å². The van der Waals surface area contributed by atoms with E-state index in [0.29, 0.717) is 0 Å². The number of esters is 2. The predicted molar refractivity (Wildman–Crippen MR) is 91.1 cm³/mol. The van der Waals surface area contributed by atoms with E-state index in [0.717, 1.165) is 12.1 Å². The molecule has 1 N–H and O–H groups in total. The van der Waals surface area contributed by atoms with Gasteiger partial charge in [0.2, 0.25) is 0 Å².